The molecule has 0 N–H and O–H groups in total. The van der Waals surface area contributed by atoms with Gasteiger partial charge in [0.1, 0.15) is 0 Å². The molecule has 0 aromatic heterocycles. The fraction of sp³-hybridized carbons (Fsp3) is 0.500. The zero-order chi connectivity index (χ0) is 4.99. The van der Waals surface area contributed by atoms with Crippen LogP contribution < -0.4 is 0 Å². The Labute approximate surface area is 36.7 Å². The summed E-state index contributed by atoms with van der Waals surface area (Å²) in [5.41, 5.74) is 8.60. The first kappa shape index (κ1) is 5.16. The van der Waals surface area contributed by atoms with E-state index in [1.54, 1.807) is 13.8 Å². The summed E-state index contributed by atoms with van der Waals surface area (Å²) in [6.45, 7) is 3.61. The Kier molecular flexibility index (Phi) is 2.06. The SMILES string of the molecule is CC(C)=C=[N+]=[N-]. The van der Waals surface area contributed by atoms with Crippen molar-refractivity contribution in [3.8, 4) is 0 Å². The highest BCUT2D eigenvalue weighted by atomic mass is 14.8. The predicted molar refractivity (Wildman–Crippen MR) is 23.5 cm³/mol. The van der Waals surface area contributed by atoms with Gasteiger partial charge < -0.3 is 5.53 Å². The Bertz CT molecular complexity index is 110. The maximum absolute atomic E-state index is 7.73. The summed E-state index contributed by atoms with van der Waals surface area (Å²) in [6, 6.07) is 0. The molecule has 0 aromatic carbocycles. The van der Waals surface area contributed by atoms with Gasteiger partial charge in [-0.05, 0) is 13.8 Å². The van der Waals surface area contributed by atoms with Crippen molar-refractivity contribution in [3.63, 3.8) is 0 Å². The van der Waals surface area contributed by atoms with Gasteiger partial charge in [-0.15, -0.1) is 4.79 Å². The quantitative estimate of drug-likeness (QED) is 0.236. The summed E-state index contributed by atoms with van der Waals surface area (Å²) in [7, 11) is 0. The summed E-state index contributed by atoms with van der Waals surface area (Å²) >= 11 is 0. The first-order chi connectivity index (χ1) is 2.77. The lowest BCUT2D eigenvalue weighted by molar-refractivity contribution is 0.00745. The van der Waals surface area contributed by atoms with E-state index in [2.05, 4.69) is 10.7 Å². The summed E-state index contributed by atoms with van der Waals surface area (Å²) < 4.78 is 0. The number of nitrogens with zero attached hydrogens (tertiary/aromatic N) is 2. The molecule has 0 rings (SSSR count). The standard InChI is InChI=1S/C4H6N2/c1-4(2)3-6-5/h1-2H3. The van der Waals surface area contributed by atoms with E-state index >= 15 is 0 Å². The molecule has 0 unspecified atom stereocenters. The number of allylic oxidation sites excluding steroid dienone is 1. The van der Waals surface area contributed by atoms with Crippen molar-refractivity contribution in [2.24, 2.45) is 0 Å². The van der Waals surface area contributed by atoms with E-state index in [0.29, 0.717) is 0 Å². The first-order valence-corrected chi connectivity index (χ1v) is 1.67. The second-order valence-corrected chi connectivity index (χ2v) is 1.21. The number of hydrogen-bond acceptors (Lipinski definition) is 0. The normalized spacial score (nSPS) is 5.67. The van der Waals surface area contributed by atoms with E-state index in [-0.39, 0.29) is 0 Å². The van der Waals surface area contributed by atoms with Crippen molar-refractivity contribution in [3.05, 3.63) is 11.1 Å². The number of hydrogen-bond donors (Lipinski definition) is 0. The van der Waals surface area contributed by atoms with Crippen molar-refractivity contribution < 1.29 is 4.79 Å². The highest BCUT2D eigenvalue weighted by Gasteiger charge is 1.69. The van der Waals surface area contributed by atoms with Crippen LogP contribution in [0, 0.1) is 0 Å². The lowest BCUT2D eigenvalue weighted by Gasteiger charge is -1.59. The van der Waals surface area contributed by atoms with Gasteiger partial charge >= 0.3 is 0 Å². The predicted octanol–water partition coefficient (Wildman–Crippen LogP) is 0.852. The minimum absolute atomic E-state index is 0.873. The Balaban J connectivity index is 4.13. The third-order valence-corrected chi connectivity index (χ3v) is 0.274. The molecular formula is C4H6N2. The van der Waals surface area contributed by atoms with Gasteiger partial charge in [-0.25, -0.2) is 0 Å². The maximum atomic E-state index is 7.73. The molecule has 0 bridgehead atoms. The van der Waals surface area contributed by atoms with E-state index in [0.717, 1.165) is 5.57 Å². The second-order valence-electron chi connectivity index (χ2n) is 1.21. The summed E-state index contributed by atoms with van der Waals surface area (Å²) in [5.74, 6) is 2.31. The summed E-state index contributed by atoms with van der Waals surface area (Å²) in [4.78, 5) is 2.65. The third kappa shape index (κ3) is 3.16. The fourth-order valence-electron chi connectivity index (χ4n) is 0.100. The van der Waals surface area contributed by atoms with Crippen molar-refractivity contribution in [2.75, 3.05) is 0 Å². The molecule has 0 aliphatic heterocycles. The molecule has 0 aliphatic rings. The Morgan fingerprint density at radius 2 is 2.17 bits per heavy atom. The Morgan fingerprint density at radius 3 is 2.17 bits per heavy atom. The molecule has 6 heavy (non-hydrogen) atoms. The highest BCUT2D eigenvalue weighted by Crippen LogP contribution is 1.72. The fourth-order valence-corrected chi connectivity index (χ4v) is 0.100. The molecule has 0 fully saturated rings. The molecule has 0 amide bonds. The molecule has 0 aliphatic carbocycles. The maximum Gasteiger partial charge on any atom is 0.298 e. The highest BCUT2D eigenvalue weighted by molar-refractivity contribution is 5.49. The van der Waals surface area contributed by atoms with Gasteiger partial charge in [0.25, 0.3) is 5.87 Å². The van der Waals surface area contributed by atoms with Crippen LogP contribution in [0.25, 0.3) is 5.53 Å². The zero-order valence-corrected chi connectivity index (χ0v) is 3.89. The Morgan fingerprint density at radius 1 is 1.67 bits per heavy atom. The average molecular weight is 82.1 g/mol. The van der Waals surface area contributed by atoms with Crippen LogP contribution in [-0.2, 0) is 0 Å². The minimum Gasteiger partial charge on any atom is -0.348 e. The summed E-state index contributed by atoms with van der Waals surface area (Å²) in [5, 5.41) is 0. The van der Waals surface area contributed by atoms with Crippen LogP contribution in [0.2, 0.25) is 0 Å². The van der Waals surface area contributed by atoms with E-state index in [1.807, 2.05) is 0 Å². The molecular weight excluding hydrogens is 76.1 g/mol. The van der Waals surface area contributed by atoms with E-state index < -0.39 is 0 Å². The molecule has 0 saturated heterocycles. The molecule has 0 aromatic rings. The minimum atomic E-state index is 0.873. The monoisotopic (exact) mass is 82.1 g/mol. The molecule has 0 atom stereocenters. The van der Waals surface area contributed by atoms with Crippen LogP contribution in [0.4, 0.5) is 0 Å². The molecule has 32 valence electrons. The van der Waals surface area contributed by atoms with E-state index in [9.17, 15) is 0 Å². The van der Waals surface area contributed by atoms with Crippen LogP contribution in [0.3, 0.4) is 0 Å². The topological polar surface area (TPSA) is 36.4 Å². The largest absolute Gasteiger partial charge is 0.348 e. The lowest BCUT2D eigenvalue weighted by atomic mass is 10.4. The van der Waals surface area contributed by atoms with Crippen molar-refractivity contribution in [1.82, 2.24) is 0 Å². The lowest BCUT2D eigenvalue weighted by Crippen LogP contribution is -1.60. The van der Waals surface area contributed by atoms with Crippen LogP contribution in [0.15, 0.2) is 5.57 Å². The number of rotatable bonds is 0. The first-order valence-electron chi connectivity index (χ1n) is 1.67. The van der Waals surface area contributed by atoms with Gasteiger partial charge in [-0.3, -0.25) is 0 Å². The third-order valence-electron chi connectivity index (χ3n) is 0.274. The van der Waals surface area contributed by atoms with Crippen molar-refractivity contribution in [2.45, 2.75) is 13.8 Å². The van der Waals surface area contributed by atoms with Gasteiger partial charge in [-0.2, -0.15) is 0 Å². The molecule has 0 heterocycles. The molecule has 0 spiro atoms. The van der Waals surface area contributed by atoms with E-state index in [1.165, 1.54) is 0 Å². The van der Waals surface area contributed by atoms with Crippen LogP contribution in [0.5, 0.6) is 0 Å². The van der Waals surface area contributed by atoms with Crippen LogP contribution in [0.1, 0.15) is 13.8 Å². The van der Waals surface area contributed by atoms with Gasteiger partial charge in [-0.1, -0.05) is 0 Å². The summed E-state index contributed by atoms with van der Waals surface area (Å²) in [6.07, 6.45) is 0. The van der Waals surface area contributed by atoms with Gasteiger partial charge in [0.2, 0.25) is 0 Å². The average Bonchev–Trinajstić information content (AvgIpc) is 1.35. The van der Waals surface area contributed by atoms with Gasteiger partial charge in [0.05, 0.1) is 5.57 Å². The van der Waals surface area contributed by atoms with Crippen LogP contribution in [-0.4, -0.2) is 10.7 Å². The van der Waals surface area contributed by atoms with Gasteiger partial charge in [0, 0.05) is 0 Å². The molecule has 2 heteroatoms. The van der Waals surface area contributed by atoms with Crippen molar-refractivity contribution in [1.29, 1.82) is 0 Å². The zero-order valence-electron chi connectivity index (χ0n) is 3.89. The van der Waals surface area contributed by atoms with Crippen molar-refractivity contribution >= 4 is 5.87 Å². The molecule has 0 saturated carbocycles. The molecule has 2 nitrogen and oxygen atoms in total. The van der Waals surface area contributed by atoms with Crippen LogP contribution >= 0.6 is 0 Å². The smallest absolute Gasteiger partial charge is 0.298 e. The van der Waals surface area contributed by atoms with E-state index in [4.69, 9.17) is 5.53 Å². The second kappa shape index (κ2) is 2.40. The Hall–Kier alpha value is -0.840. The van der Waals surface area contributed by atoms with Gasteiger partial charge in [0.15, 0.2) is 0 Å². The molecule has 0 radical (unpaired) electrons.